The largest absolute Gasteiger partial charge is 0.430 e. The molecule has 2 heterocycles. The van der Waals surface area contributed by atoms with Gasteiger partial charge in [-0.05, 0) is 11.1 Å². The molecule has 0 aliphatic carbocycles. The van der Waals surface area contributed by atoms with Crippen LogP contribution in [0.3, 0.4) is 0 Å². The number of piperazine rings is 1. The molecule has 3 atom stereocenters. The van der Waals surface area contributed by atoms with Crippen LogP contribution in [0.25, 0.3) is 0 Å². The van der Waals surface area contributed by atoms with Crippen molar-refractivity contribution in [2.24, 2.45) is 0 Å². The lowest BCUT2D eigenvalue weighted by Crippen LogP contribution is -2.55. The van der Waals surface area contributed by atoms with Crippen LogP contribution in [0.15, 0.2) is 24.3 Å². The smallest absolute Gasteiger partial charge is 0.313 e. The maximum atomic E-state index is 12.7. The van der Waals surface area contributed by atoms with Crippen molar-refractivity contribution in [1.82, 2.24) is 26.3 Å². The van der Waals surface area contributed by atoms with Crippen LogP contribution < -0.4 is 21.3 Å². The molecule has 0 saturated carbocycles. The van der Waals surface area contributed by atoms with Crippen molar-refractivity contribution in [3.63, 3.8) is 0 Å². The third kappa shape index (κ3) is 4.24. The van der Waals surface area contributed by atoms with E-state index in [-0.39, 0.29) is 6.17 Å². The number of alkyl halides is 3. The van der Waals surface area contributed by atoms with E-state index in [1.54, 1.807) is 0 Å². The van der Waals surface area contributed by atoms with E-state index in [9.17, 15) is 13.2 Å². The molecule has 2 aliphatic rings. The second-order valence-electron chi connectivity index (χ2n) is 5.98. The van der Waals surface area contributed by atoms with Gasteiger partial charge in [0.2, 0.25) is 6.23 Å². The van der Waals surface area contributed by atoms with Gasteiger partial charge >= 0.3 is 6.18 Å². The second-order valence-corrected chi connectivity index (χ2v) is 5.98. The lowest BCUT2D eigenvalue weighted by Gasteiger charge is -2.25. The molecule has 9 heteroatoms. The molecule has 0 radical (unpaired) electrons. The van der Waals surface area contributed by atoms with Crippen LogP contribution >= 0.6 is 0 Å². The third-order valence-corrected chi connectivity index (χ3v) is 4.13. The van der Waals surface area contributed by atoms with Crippen molar-refractivity contribution in [3.8, 4) is 0 Å². The Morgan fingerprint density at radius 3 is 2.58 bits per heavy atom. The summed E-state index contributed by atoms with van der Waals surface area (Å²) in [5, 5.41) is 13.7. The van der Waals surface area contributed by atoms with Gasteiger partial charge in [0.1, 0.15) is 6.17 Å². The molecule has 0 spiro atoms. The van der Waals surface area contributed by atoms with Gasteiger partial charge in [0.15, 0.2) is 0 Å². The molecule has 3 unspecified atom stereocenters. The second kappa shape index (κ2) is 7.34. The van der Waals surface area contributed by atoms with E-state index in [0.717, 1.165) is 30.8 Å². The predicted molar refractivity (Wildman–Crippen MR) is 82.5 cm³/mol. The molecule has 6 nitrogen and oxygen atoms in total. The molecule has 2 fully saturated rings. The van der Waals surface area contributed by atoms with E-state index in [0.29, 0.717) is 6.54 Å². The summed E-state index contributed by atoms with van der Waals surface area (Å²) in [6.45, 7) is 3.45. The highest BCUT2D eigenvalue weighted by Crippen LogP contribution is 2.32. The fourth-order valence-electron chi connectivity index (χ4n) is 2.82. The zero-order valence-electron chi connectivity index (χ0n) is 13.4. The number of nitrogens with zero attached hydrogens (tertiary/aromatic N) is 1. The van der Waals surface area contributed by atoms with Crippen molar-refractivity contribution < 1.29 is 18.0 Å². The van der Waals surface area contributed by atoms with Gasteiger partial charge in [-0.3, -0.25) is 20.8 Å². The molecule has 1 aromatic rings. The zero-order valence-corrected chi connectivity index (χ0v) is 13.4. The standard InChI is InChI=1S/C15H22F3N5O/c1-23-13(22-14(24-23)15(16,17)18)11-4-2-10(3-5-11)8-21-12-9-19-6-7-20-12/h2-5,12-14,19-22H,6-9H2,1H3. The van der Waals surface area contributed by atoms with Crippen LogP contribution in [0.2, 0.25) is 0 Å². The molecule has 0 aromatic heterocycles. The number of hydrogen-bond acceptors (Lipinski definition) is 6. The third-order valence-electron chi connectivity index (χ3n) is 4.13. The molecule has 134 valence electrons. The van der Waals surface area contributed by atoms with Gasteiger partial charge in [-0.15, -0.1) is 0 Å². The van der Waals surface area contributed by atoms with Gasteiger partial charge in [0.05, 0.1) is 6.17 Å². The Kier molecular flexibility index (Phi) is 5.38. The van der Waals surface area contributed by atoms with E-state index in [1.807, 2.05) is 24.3 Å². The van der Waals surface area contributed by atoms with Crippen LogP contribution in [0.5, 0.6) is 0 Å². The highest BCUT2D eigenvalue weighted by atomic mass is 19.4. The molecule has 2 aliphatic heterocycles. The van der Waals surface area contributed by atoms with Crippen molar-refractivity contribution in [2.45, 2.75) is 31.3 Å². The quantitative estimate of drug-likeness (QED) is 0.643. The topological polar surface area (TPSA) is 60.6 Å². The molecular formula is C15H22F3N5O. The average Bonchev–Trinajstić information content (AvgIpc) is 2.97. The Morgan fingerprint density at radius 1 is 1.25 bits per heavy atom. The van der Waals surface area contributed by atoms with Crippen LogP contribution in [-0.2, 0) is 11.4 Å². The van der Waals surface area contributed by atoms with Crippen molar-refractivity contribution in [3.05, 3.63) is 35.4 Å². The van der Waals surface area contributed by atoms with Gasteiger partial charge in [-0.1, -0.05) is 24.3 Å². The van der Waals surface area contributed by atoms with E-state index < -0.39 is 18.6 Å². The summed E-state index contributed by atoms with van der Waals surface area (Å²) in [5.41, 5.74) is 1.80. The number of hydroxylamine groups is 2. The summed E-state index contributed by atoms with van der Waals surface area (Å²) >= 11 is 0. The van der Waals surface area contributed by atoms with Crippen LogP contribution in [0.1, 0.15) is 17.3 Å². The van der Waals surface area contributed by atoms with Crippen LogP contribution in [0, 0.1) is 0 Å². The lowest BCUT2D eigenvalue weighted by molar-refractivity contribution is -0.264. The number of halogens is 3. The lowest BCUT2D eigenvalue weighted by atomic mass is 10.1. The summed E-state index contributed by atoms with van der Waals surface area (Å²) in [7, 11) is 1.49. The molecule has 4 N–H and O–H groups in total. The zero-order chi connectivity index (χ0) is 17.2. The Morgan fingerprint density at radius 2 is 2.00 bits per heavy atom. The summed E-state index contributed by atoms with van der Waals surface area (Å²) in [5.74, 6) is 0. The monoisotopic (exact) mass is 345 g/mol. The minimum atomic E-state index is -4.44. The molecule has 24 heavy (non-hydrogen) atoms. The average molecular weight is 345 g/mol. The Balaban J connectivity index is 1.56. The van der Waals surface area contributed by atoms with E-state index in [4.69, 9.17) is 4.84 Å². The van der Waals surface area contributed by atoms with Gasteiger partial charge in [-0.2, -0.15) is 18.2 Å². The first-order valence-corrected chi connectivity index (χ1v) is 7.92. The molecular weight excluding hydrogens is 323 g/mol. The summed E-state index contributed by atoms with van der Waals surface area (Å²) < 4.78 is 38.2. The van der Waals surface area contributed by atoms with Crippen molar-refractivity contribution >= 4 is 0 Å². The molecule has 1 aromatic carbocycles. The van der Waals surface area contributed by atoms with Crippen molar-refractivity contribution in [1.29, 1.82) is 0 Å². The predicted octanol–water partition coefficient (Wildman–Crippen LogP) is 0.649. The highest BCUT2D eigenvalue weighted by Gasteiger charge is 2.48. The van der Waals surface area contributed by atoms with Gasteiger partial charge in [0, 0.05) is 33.2 Å². The maximum absolute atomic E-state index is 12.7. The van der Waals surface area contributed by atoms with Gasteiger partial charge in [0.25, 0.3) is 0 Å². The molecule has 3 rings (SSSR count). The molecule has 2 saturated heterocycles. The minimum Gasteiger partial charge on any atom is -0.313 e. The Labute approximate surface area is 138 Å². The summed E-state index contributed by atoms with van der Waals surface area (Å²) in [6, 6.07) is 7.46. The molecule has 0 bridgehead atoms. The SMILES string of the molecule is CN1OC(C(F)(F)F)NC1c1ccc(CNC2CNCCN2)cc1. The van der Waals surface area contributed by atoms with E-state index in [1.165, 1.54) is 12.1 Å². The van der Waals surface area contributed by atoms with Gasteiger partial charge < -0.3 is 5.32 Å². The van der Waals surface area contributed by atoms with E-state index in [2.05, 4.69) is 21.3 Å². The highest BCUT2D eigenvalue weighted by molar-refractivity contribution is 5.25. The van der Waals surface area contributed by atoms with Crippen molar-refractivity contribution in [2.75, 3.05) is 26.7 Å². The Hall–Kier alpha value is -1.23. The number of benzene rings is 1. The summed E-state index contributed by atoms with van der Waals surface area (Å²) in [4.78, 5) is 4.82. The fraction of sp³-hybridized carbons (Fsp3) is 0.600. The fourth-order valence-corrected chi connectivity index (χ4v) is 2.82. The molecule has 0 amide bonds. The minimum absolute atomic E-state index is 0.224. The van der Waals surface area contributed by atoms with Gasteiger partial charge in [-0.25, -0.2) is 0 Å². The first-order valence-electron chi connectivity index (χ1n) is 7.92. The maximum Gasteiger partial charge on any atom is 0.430 e. The number of rotatable bonds is 4. The van der Waals surface area contributed by atoms with E-state index >= 15 is 0 Å². The number of hydrogen-bond donors (Lipinski definition) is 4. The normalized spacial score (nSPS) is 29.1. The van der Waals surface area contributed by atoms with Crippen LogP contribution in [0.4, 0.5) is 13.2 Å². The Bertz CT molecular complexity index is 533. The first kappa shape index (κ1) is 17.6. The number of nitrogens with one attached hydrogen (secondary N) is 4. The summed E-state index contributed by atoms with van der Waals surface area (Å²) in [6.07, 6.45) is -6.81. The first-order chi connectivity index (χ1) is 11.4. The van der Waals surface area contributed by atoms with Crippen LogP contribution in [-0.4, -0.2) is 50.3 Å².